The molecule has 0 saturated heterocycles. The zero-order chi connectivity index (χ0) is 13.7. The molecule has 0 fully saturated rings. The molecule has 2 rings (SSSR count). The Morgan fingerprint density at radius 1 is 1.16 bits per heavy atom. The van der Waals surface area contributed by atoms with Gasteiger partial charge in [0.15, 0.2) is 0 Å². The summed E-state index contributed by atoms with van der Waals surface area (Å²) >= 11 is 0. The standard InChI is InChI=1S/C16H20N2O/c1-13(19)15-5-3-4-6-16(15)18(2)12-9-14-7-10-17-11-8-14/h3-8,10-11,13,19H,9,12H2,1-2H3/t13-/m1/s1. The van der Waals surface area contributed by atoms with Crippen LogP contribution in [0.2, 0.25) is 0 Å². The minimum atomic E-state index is -0.445. The molecule has 0 amide bonds. The third-order valence-electron chi connectivity index (χ3n) is 3.28. The lowest BCUT2D eigenvalue weighted by Gasteiger charge is -2.23. The number of nitrogens with zero attached hydrogens (tertiary/aromatic N) is 2. The Labute approximate surface area is 114 Å². The monoisotopic (exact) mass is 256 g/mol. The molecular weight excluding hydrogens is 236 g/mol. The Bertz CT molecular complexity index is 511. The second kappa shape index (κ2) is 6.34. The van der Waals surface area contributed by atoms with E-state index >= 15 is 0 Å². The van der Waals surface area contributed by atoms with E-state index in [0.717, 1.165) is 24.2 Å². The van der Waals surface area contributed by atoms with Gasteiger partial charge in [0.1, 0.15) is 0 Å². The average molecular weight is 256 g/mol. The minimum Gasteiger partial charge on any atom is -0.389 e. The molecule has 3 nitrogen and oxygen atoms in total. The summed E-state index contributed by atoms with van der Waals surface area (Å²) in [7, 11) is 2.06. The third-order valence-corrected chi connectivity index (χ3v) is 3.28. The number of anilines is 1. The van der Waals surface area contributed by atoms with Gasteiger partial charge >= 0.3 is 0 Å². The van der Waals surface area contributed by atoms with Gasteiger partial charge in [-0.1, -0.05) is 18.2 Å². The van der Waals surface area contributed by atoms with Crippen molar-refractivity contribution in [3.8, 4) is 0 Å². The van der Waals surface area contributed by atoms with E-state index in [0.29, 0.717) is 0 Å². The van der Waals surface area contributed by atoms with Crippen molar-refractivity contribution in [2.75, 3.05) is 18.5 Å². The van der Waals surface area contributed by atoms with Gasteiger partial charge in [0, 0.05) is 37.2 Å². The van der Waals surface area contributed by atoms with E-state index < -0.39 is 6.10 Å². The number of pyridine rings is 1. The van der Waals surface area contributed by atoms with Crippen LogP contribution < -0.4 is 4.90 Å². The molecule has 100 valence electrons. The molecule has 1 aromatic heterocycles. The highest BCUT2D eigenvalue weighted by atomic mass is 16.3. The number of rotatable bonds is 5. The van der Waals surface area contributed by atoms with E-state index in [9.17, 15) is 5.11 Å². The molecule has 1 aromatic carbocycles. The summed E-state index contributed by atoms with van der Waals surface area (Å²) in [5.41, 5.74) is 3.34. The van der Waals surface area contributed by atoms with E-state index in [-0.39, 0.29) is 0 Å². The molecule has 0 aliphatic heterocycles. The summed E-state index contributed by atoms with van der Waals surface area (Å²) in [6.45, 7) is 2.71. The second-order valence-corrected chi connectivity index (χ2v) is 4.76. The number of para-hydroxylation sites is 1. The van der Waals surface area contributed by atoms with Gasteiger partial charge in [-0.2, -0.15) is 0 Å². The van der Waals surface area contributed by atoms with E-state index in [2.05, 4.69) is 23.0 Å². The molecule has 0 radical (unpaired) electrons. The molecule has 3 heteroatoms. The zero-order valence-corrected chi connectivity index (χ0v) is 11.5. The van der Waals surface area contributed by atoms with Gasteiger partial charge in [0.2, 0.25) is 0 Å². The molecular formula is C16H20N2O. The quantitative estimate of drug-likeness (QED) is 0.893. The Kier molecular flexibility index (Phi) is 4.53. The van der Waals surface area contributed by atoms with Crippen molar-refractivity contribution < 1.29 is 5.11 Å². The fourth-order valence-corrected chi connectivity index (χ4v) is 2.16. The first kappa shape index (κ1) is 13.6. The maximum absolute atomic E-state index is 9.80. The second-order valence-electron chi connectivity index (χ2n) is 4.76. The molecule has 1 atom stereocenters. The predicted octanol–water partition coefficient (Wildman–Crippen LogP) is 2.81. The third kappa shape index (κ3) is 3.55. The number of hydrogen-bond acceptors (Lipinski definition) is 3. The number of aromatic nitrogens is 1. The fourth-order valence-electron chi connectivity index (χ4n) is 2.16. The van der Waals surface area contributed by atoms with Crippen LogP contribution in [0.5, 0.6) is 0 Å². The minimum absolute atomic E-state index is 0.445. The summed E-state index contributed by atoms with van der Waals surface area (Å²) in [5.74, 6) is 0. The van der Waals surface area contributed by atoms with Gasteiger partial charge < -0.3 is 10.0 Å². The summed E-state index contributed by atoms with van der Waals surface area (Å²) in [6, 6.07) is 12.1. The topological polar surface area (TPSA) is 36.4 Å². The number of aliphatic hydroxyl groups is 1. The molecule has 0 aliphatic carbocycles. The summed E-state index contributed by atoms with van der Waals surface area (Å²) < 4.78 is 0. The number of likely N-dealkylation sites (N-methyl/N-ethyl adjacent to an activating group) is 1. The lowest BCUT2D eigenvalue weighted by Crippen LogP contribution is -2.22. The van der Waals surface area contributed by atoms with Crippen molar-refractivity contribution in [1.82, 2.24) is 4.98 Å². The maximum atomic E-state index is 9.80. The van der Waals surface area contributed by atoms with Crippen molar-refractivity contribution in [3.63, 3.8) is 0 Å². The van der Waals surface area contributed by atoms with Crippen LogP contribution in [0, 0.1) is 0 Å². The fraction of sp³-hybridized carbons (Fsp3) is 0.312. The van der Waals surface area contributed by atoms with Gasteiger partial charge in [-0.15, -0.1) is 0 Å². The highest BCUT2D eigenvalue weighted by Gasteiger charge is 2.10. The summed E-state index contributed by atoms with van der Waals surface area (Å²) in [4.78, 5) is 6.20. The number of benzene rings is 1. The number of hydrogen-bond donors (Lipinski definition) is 1. The molecule has 19 heavy (non-hydrogen) atoms. The Hall–Kier alpha value is -1.87. The van der Waals surface area contributed by atoms with Gasteiger partial charge in [0.05, 0.1) is 6.10 Å². The smallest absolute Gasteiger partial charge is 0.0781 e. The van der Waals surface area contributed by atoms with Gasteiger partial charge in [0.25, 0.3) is 0 Å². The molecule has 0 spiro atoms. The highest BCUT2D eigenvalue weighted by Crippen LogP contribution is 2.25. The van der Waals surface area contributed by atoms with Crippen LogP contribution in [0.1, 0.15) is 24.2 Å². The molecule has 0 saturated carbocycles. The van der Waals surface area contributed by atoms with E-state index in [4.69, 9.17) is 0 Å². The van der Waals surface area contributed by atoms with Gasteiger partial charge in [-0.3, -0.25) is 4.98 Å². The Morgan fingerprint density at radius 3 is 2.53 bits per heavy atom. The Balaban J connectivity index is 2.06. The lowest BCUT2D eigenvalue weighted by atomic mass is 10.1. The van der Waals surface area contributed by atoms with Crippen molar-refractivity contribution in [1.29, 1.82) is 0 Å². The largest absolute Gasteiger partial charge is 0.389 e. The first-order valence-corrected chi connectivity index (χ1v) is 6.55. The van der Waals surface area contributed by atoms with Gasteiger partial charge in [-0.25, -0.2) is 0 Å². The van der Waals surface area contributed by atoms with E-state index in [1.54, 1.807) is 6.92 Å². The molecule has 2 aromatic rings. The zero-order valence-electron chi connectivity index (χ0n) is 11.5. The first-order valence-electron chi connectivity index (χ1n) is 6.55. The van der Waals surface area contributed by atoms with Crippen molar-refractivity contribution in [2.24, 2.45) is 0 Å². The van der Waals surface area contributed by atoms with E-state index in [1.807, 2.05) is 42.7 Å². The number of aliphatic hydroxyl groups excluding tert-OH is 1. The molecule has 1 N–H and O–H groups in total. The van der Waals surface area contributed by atoms with Crippen molar-refractivity contribution in [2.45, 2.75) is 19.4 Å². The van der Waals surface area contributed by atoms with Crippen LogP contribution in [-0.4, -0.2) is 23.7 Å². The molecule has 0 unspecified atom stereocenters. The van der Waals surface area contributed by atoms with Crippen LogP contribution >= 0.6 is 0 Å². The predicted molar refractivity (Wildman–Crippen MR) is 78.3 cm³/mol. The van der Waals surface area contributed by atoms with Crippen LogP contribution in [0.4, 0.5) is 5.69 Å². The SMILES string of the molecule is C[C@@H](O)c1ccccc1N(C)CCc1ccncc1. The maximum Gasteiger partial charge on any atom is 0.0781 e. The lowest BCUT2D eigenvalue weighted by molar-refractivity contribution is 0.199. The molecule has 0 bridgehead atoms. The Morgan fingerprint density at radius 2 is 1.84 bits per heavy atom. The van der Waals surface area contributed by atoms with E-state index in [1.165, 1.54) is 5.56 Å². The summed E-state index contributed by atoms with van der Waals surface area (Å²) in [6.07, 6.45) is 4.16. The normalized spacial score (nSPS) is 12.2. The highest BCUT2D eigenvalue weighted by molar-refractivity contribution is 5.54. The van der Waals surface area contributed by atoms with Crippen LogP contribution in [-0.2, 0) is 6.42 Å². The van der Waals surface area contributed by atoms with Crippen LogP contribution in [0.15, 0.2) is 48.8 Å². The first-order chi connectivity index (χ1) is 9.18. The molecule has 0 aliphatic rings. The van der Waals surface area contributed by atoms with Crippen LogP contribution in [0.25, 0.3) is 0 Å². The van der Waals surface area contributed by atoms with Crippen molar-refractivity contribution >= 4 is 5.69 Å². The van der Waals surface area contributed by atoms with Crippen molar-refractivity contribution in [3.05, 3.63) is 59.9 Å². The molecule has 1 heterocycles. The van der Waals surface area contributed by atoms with Crippen LogP contribution in [0.3, 0.4) is 0 Å². The summed E-state index contributed by atoms with van der Waals surface area (Å²) in [5, 5.41) is 9.80. The average Bonchev–Trinajstić information content (AvgIpc) is 2.46. The van der Waals surface area contributed by atoms with Gasteiger partial charge in [-0.05, 0) is 37.1 Å².